The first-order chi connectivity index (χ1) is 7.13. The molecule has 0 saturated heterocycles. The van der Waals surface area contributed by atoms with Crippen molar-refractivity contribution in [2.45, 2.75) is 19.9 Å². The van der Waals surface area contributed by atoms with Gasteiger partial charge in [-0.05, 0) is 23.6 Å². The third kappa shape index (κ3) is 3.90. The standard InChI is InChI=1S/C12H20N2O/c1-9(2)8-15-11-5-3-4-10(6-11)12(14)7-13/h3-6,9,12H,7-8,13-14H2,1-2H3/t12-/m1/s1. The van der Waals surface area contributed by atoms with Crippen LogP contribution >= 0.6 is 0 Å². The lowest BCUT2D eigenvalue weighted by molar-refractivity contribution is 0.270. The van der Waals surface area contributed by atoms with Gasteiger partial charge in [-0.25, -0.2) is 0 Å². The molecule has 0 aliphatic carbocycles. The Morgan fingerprint density at radius 1 is 1.33 bits per heavy atom. The van der Waals surface area contributed by atoms with Gasteiger partial charge in [0.05, 0.1) is 6.61 Å². The van der Waals surface area contributed by atoms with E-state index in [1.165, 1.54) is 0 Å². The van der Waals surface area contributed by atoms with E-state index in [1.54, 1.807) is 0 Å². The molecule has 0 aliphatic heterocycles. The second kappa shape index (κ2) is 5.73. The third-order valence-corrected chi connectivity index (χ3v) is 2.12. The Hall–Kier alpha value is -1.06. The Labute approximate surface area is 91.4 Å². The summed E-state index contributed by atoms with van der Waals surface area (Å²) in [6, 6.07) is 7.71. The second-order valence-electron chi connectivity index (χ2n) is 4.12. The van der Waals surface area contributed by atoms with Crippen LogP contribution in [-0.2, 0) is 0 Å². The summed E-state index contributed by atoms with van der Waals surface area (Å²) in [5, 5.41) is 0. The van der Waals surface area contributed by atoms with Gasteiger partial charge in [0.2, 0.25) is 0 Å². The lowest BCUT2D eigenvalue weighted by Gasteiger charge is -2.12. The zero-order valence-corrected chi connectivity index (χ0v) is 9.44. The van der Waals surface area contributed by atoms with E-state index >= 15 is 0 Å². The maximum atomic E-state index is 5.84. The van der Waals surface area contributed by atoms with Gasteiger partial charge >= 0.3 is 0 Å². The van der Waals surface area contributed by atoms with Crippen LogP contribution in [-0.4, -0.2) is 13.2 Å². The topological polar surface area (TPSA) is 61.3 Å². The van der Waals surface area contributed by atoms with E-state index in [0.717, 1.165) is 17.9 Å². The Kier molecular flexibility index (Phi) is 4.59. The highest BCUT2D eigenvalue weighted by atomic mass is 16.5. The average molecular weight is 208 g/mol. The van der Waals surface area contributed by atoms with Crippen LogP contribution in [0.2, 0.25) is 0 Å². The highest BCUT2D eigenvalue weighted by Crippen LogP contribution is 2.17. The Morgan fingerprint density at radius 2 is 2.07 bits per heavy atom. The van der Waals surface area contributed by atoms with Crippen molar-refractivity contribution in [1.82, 2.24) is 0 Å². The highest BCUT2D eigenvalue weighted by Gasteiger charge is 2.04. The van der Waals surface area contributed by atoms with Gasteiger partial charge in [-0.3, -0.25) is 0 Å². The molecule has 0 aromatic heterocycles. The quantitative estimate of drug-likeness (QED) is 0.774. The van der Waals surface area contributed by atoms with Crippen LogP contribution in [0, 0.1) is 5.92 Å². The number of hydrogen-bond donors (Lipinski definition) is 2. The van der Waals surface area contributed by atoms with E-state index in [1.807, 2.05) is 24.3 Å². The second-order valence-corrected chi connectivity index (χ2v) is 4.12. The molecular weight excluding hydrogens is 188 g/mol. The largest absolute Gasteiger partial charge is 0.493 e. The van der Waals surface area contributed by atoms with Gasteiger partial charge in [-0.15, -0.1) is 0 Å². The Bertz CT molecular complexity index is 299. The molecule has 4 N–H and O–H groups in total. The fourth-order valence-corrected chi connectivity index (χ4v) is 1.23. The van der Waals surface area contributed by atoms with Gasteiger partial charge in [-0.2, -0.15) is 0 Å². The molecule has 1 aromatic rings. The van der Waals surface area contributed by atoms with E-state index in [0.29, 0.717) is 12.5 Å². The molecule has 1 atom stereocenters. The van der Waals surface area contributed by atoms with Crippen molar-refractivity contribution in [3.63, 3.8) is 0 Å². The Balaban J connectivity index is 2.65. The molecule has 1 rings (SSSR count). The summed E-state index contributed by atoms with van der Waals surface area (Å²) in [5.74, 6) is 1.39. The summed E-state index contributed by atoms with van der Waals surface area (Å²) in [4.78, 5) is 0. The molecular formula is C12H20N2O. The molecule has 0 bridgehead atoms. The average Bonchev–Trinajstić information content (AvgIpc) is 2.25. The van der Waals surface area contributed by atoms with E-state index < -0.39 is 0 Å². The molecule has 3 nitrogen and oxygen atoms in total. The molecule has 0 unspecified atom stereocenters. The van der Waals surface area contributed by atoms with Crippen LogP contribution in [0.5, 0.6) is 5.75 Å². The fourth-order valence-electron chi connectivity index (χ4n) is 1.23. The van der Waals surface area contributed by atoms with Crippen LogP contribution in [0.25, 0.3) is 0 Å². The summed E-state index contributed by atoms with van der Waals surface area (Å²) in [7, 11) is 0. The predicted octanol–water partition coefficient (Wildman–Crippen LogP) is 1.68. The first-order valence-corrected chi connectivity index (χ1v) is 5.32. The van der Waals surface area contributed by atoms with Gasteiger partial charge in [0, 0.05) is 12.6 Å². The minimum Gasteiger partial charge on any atom is -0.493 e. The molecule has 1 aromatic carbocycles. The number of nitrogens with two attached hydrogens (primary N) is 2. The van der Waals surface area contributed by atoms with Crippen molar-refractivity contribution >= 4 is 0 Å². The lowest BCUT2D eigenvalue weighted by atomic mass is 10.1. The molecule has 0 amide bonds. The number of ether oxygens (including phenoxy) is 1. The fraction of sp³-hybridized carbons (Fsp3) is 0.500. The maximum Gasteiger partial charge on any atom is 0.119 e. The van der Waals surface area contributed by atoms with Crippen molar-refractivity contribution < 1.29 is 4.74 Å². The van der Waals surface area contributed by atoms with Gasteiger partial charge in [0.25, 0.3) is 0 Å². The first kappa shape index (κ1) is 12.0. The monoisotopic (exact) mass is 208 g/mol. The SMILES string of the molecule is CC(C)COc1cccc([C@H](N)CN)c1. The van der Waals surface area contributed by atoms with Gasteiger partial charge < -0.3 is 16.2 Å². The molecule has 0 aliphatic rings. The first-order valence-electron chi connectivity index (χ1n) is 5.32. The summed E-state index contributed by atoms with van der Waals surface area (Å²) in [6.07, 6.45) is 0. The number of hydrogen-bond acceptors (Lipinski definition) is 3. The molecule has 0 radical (unpaired) electrons. The number of rotatable bonds is 5. The van der Waals surface area contributed by atoms with E-state index in [2.05, 4.69) is 13.8 Å². The van der Waals surface area contributed by atoms with Crippen LogP contribution in [0.15, 0.2) is 24.3 Å². The smallest absolute Gasteiger partial charge is 0.119 e. The minimum absolute atomic E-state index is 0.104. The van der Waals surface area contributed by atoms with Crippen LogP contribution in [0.1, 0.15) is 25.5 Å². The molecule has 0 heterocycles. The van der Waals surface area contributed by atoms with Gasteiger partial charge in [-0.1, -0.05) is 26.0 Å². The Morgan fingerprint density at radius 3 is 2.67 bits per heavy atom. The predicted molar refractivity (Wildman–Crippen MR) is 62.8 cm³/mol. The van der Waals surface area contributed by atoms with E-state index in [-0.39, 0.29) is 6.04 Å². The molecule has 84 valence electrons. The van der Waals surface area contributed by atoms with E-state index in [4.69, 9.17) is 16.2 Å². The van der Waals surface area contributed by atoms with Gasteiger partial charge in [0.15, 0.2) is 0 Å². The van der Waals surface area contributed by atoms with Crippen molar-refractivity contribution in [3.05, 3.63) is 29.8 Å². The van der Waals surface area contributed by atoms with Gasteiger partial charge in [0.1, 0.15) is 5.75 Å². The summed E-state index contributed by atoms with van der Waals surface area (Å²) in [5.41, 5.74) is 12.4. The molecule has 3 heteroatoms. The van der Waals surface area contributed by atoms with Crippen molar-refractivity contribution in [3.8, 4) is 5.75 Å². The summed E-state index contributed by atoms with van der Waals surface area (Å²) < 4.78 is 5.61. The van der Waals surface area contributed by atoms with Crippen LogP contribution < -0.4 is 16.2 Å². The molecule has 15 heavy (non-hydrogen) atoms. The molecule has 0 spiro atoms. The third-order valence-electron chi connectivity index (χ3n) is 2.12. The zero-order valence-electron chi connectivity index (χ0n) is 9.44. The normalized spacial score (nSPS) is 12.9. The zero-order chi connectivity index (χ0) is 11.3. The summed E-state index contributed by atoms with van der Waals surface area (Å²) >= 11 is 0. The summed E-state index contributed by atoms with van der Waals surface area (Å²) in [6.45, 7) is 5.42. The van der Waals surface area contributed by atoms with Crippen molar-refractivity contribution in [2.75, 3.05) is 13.2 Å². The van der Waals surface area contributed by atoms with Crippen LogP contribution in [0.4, 0.5) is 0 Å². The maximum absolute atomic E-state index is 5.84. The lowest BCUT2D eigenvalue weighted by Crippen LogP contribution is -2.20. The van der Waals surface area contributed by atoms with Crippen molar-refractivity contribution in [2.24, 2.45) is 17.4 Å². The number of benzene rings is 1. The molecule has 0 saturated carbocycles. The van der Waals surface area contributed by atoms with E-state index in [9.17, 15) is 0 Å². The highest BCUT2D eigenvalue weighted by molar-refractivity contribution is 5.30. The van der Waals surface area contributed by atoms with Crippen LogP contribution in [0.3, 0.4) is 0 Å². The van der Waals surface area contributed by atoms with Crippen molar-refractivity contribution in [1.29, 1.82) is 0 Å². The minimum atomic E-state index is -0.104. The molecule has 0 fully saturated rings.